The molecule has 0 radical (unpaired) electrons. The van der Waals surface area contributed by atoms with Gasteiger partial charge in [-0.3, -0.25) is 0 Å². The molecule has 1 spiro atoms. The third-order valence-corrected chi connectivity index (χ3v) is 18.5. The summed E-state index contributed by atoms with van der Waals surface area (Å²) in [5, 5.41) is 6.27. The summed E-state index contributed by atoms with van der Waals surface area (Å²) in [5.74, 6) is 0. The molecule has 0 N–H and O–H groups in total. The van der Waals surface area contributed by atoms with Crippen LogP contribution in [0.4, 0.5) is 34.1 Å². The lowest BCUT2D eigenvalue weighted by molar-refractivity contribution is 0.665. The van der Waals surface area contributed by atoms with Gasteiger partial charge in [0, 0.05) is 61.0 Å². The quantitative estimate of drug-likeness (QED) is 0.152. The zero-order chi connectivity index (χ0) is 56.8. The maximum Gasteiger partial charge on any atom is 0.145 e. The second-order valence-corrected chi connectivity index (χ2v) is 23.1. The number of fused-ring (bicyclic) bond motifs is 22. The Morgan fingerprint density at radius 2 is 0.686 bits per heavy atom. The summed E-state index contributed by atoms with van der Waals surface area (Å²) >= 11 is 0. The lowest BCUT2D eigenvalue weighted by Gasteiger charge is -2.34. The molecule has 0 atom stereocenters. The fraction of sp³-hybridized carbons (Fsp3) is 0.0370. The molecule has 2 aliphatic carbocycles. The van der Waals surface area contributed by atoms with Crippen LogP contribution in [0.5, 0.6) is 0 Å². The van der Waals surface area contributed by atoms with Crippen molar-refractivity contribution in [3.05, 3.63) is 312 Å². The maximum atomic E-state index is 7.62. The molecule has 13 aromatic carbocycles. The van der Waals surface area contributed by atoms with E-state index < -0.39 is 5.41 Å². The SMILES string of the molecule is Cc1ccccc1N(c1ccc(-c2ccccc2)cc1)c1cc2c(c3oc4ccccc4c13)-c1c(cc(N(c3ccc(-c4ccccc4)cc3)c3ccccc3C)c3c1oc1ccccc13)C21c2ccccc2-c2c1ccc1c2oc2ccccc21. The van der Waals surface area contributed by atoms with E-state index in [0.717, 1.165) is 167 Å². The van der Waals surface area contributed by atoms with Crippen molar-refractivity contribution in [2.45, 2.75) is 19.3 Å². The van der Waals surface area contributed by atoms with E-state index in [4.69, 9.17) is 13.3 Å². The first-order valence-electron chi connectivity index (χ1n) is 29.6. The van der Waals surface area contributed by atoms with Crippen LogP contribution in [0.2, 0.25) is 0 Å². The van der Waals surface area contributed by atoms with Gasteiger partial charge in [0.1, 0.15) is 33.5 Å². The Bertz CT molecular complexity index is 5180. The van der Waals surface area contributed by atoms with E-state index in [2.05, 4.69) is 303 Å². The van der Waals surface area contributed by atoms with Crippen molar-refractivity contribution in [3.63, 3.8) is 0 Å². The van der Waals surface area contributed by atoms with Crippen molar-refractivity contribution < 1.29 is 13.3 Å². The van der Waals surface area contributed by atoms with E-state index in [1.807, 2.05) is 0 Å². The van der Waals surface area contributed by atoms with Crippen molar-refractivity contribution in [3.8, 4) is 44.5 Å². The summed E-state index contributed by atoms with van der Waals surface area (Å²) in [7, 11) is 0. The van der Waals surface area contributed by atoms with E-state index in [1.165, 1.54) is 11.1 Å². The standard InChI is InChI=1S/C81H52N2O3/c1-49-21-9-16-32-66(49)82(55-41-37-53(38-42-55)51-23-5-3-6-24-51)68-47-64-76(79-74(68)60-29-13-19-35-71(60)85-79)77-65(81(64)62-31-15-11-28-59(62)73-63(81)46-45-58-57-27-12-18-34-70(57)84-78(58)73)48-69(75-61-30-14-20-36-72(61)86-80(75)77)83(67-33-17-10-22-50(67)2)56-43-39-54(40-44-56)52-25-7-4-8-26-52/h3-48H,1-2H3. The van der Waals surface area contributed by atoms with Gasteiger partial charge >= 0.3 is 0 Å². The number of rotatable bonds is 8. The molecule has 0 saturated heterocycles. The highest BCUT2D eigenvalue weighted by atomic mass is 16.3. The number of benzene rings is 13. The fourth-order valence-corrected chi connectivity index (χ4v) is 14.8. The predicted octanol–water partition coefficient (Wildman–Crippen LogP) is 22.6. The van der Waals surface area contributed by atoms with Crippen LogP contribution < -0.4 is 9.80 Å². The fourth-order valence-electron chi connectivity index (χ4n) is 14.8. The lowest BCUT2D eigenvalue weighted by Crippen LogP contribution is -2.27. The zero-order valence-electron chi connectivity index (χ0n) is 47.2. The molecule has 0 amide bonds. The molecule has 5 heteroatoms. The van der Waals surface area contributed by atoms with Gasteiger partial charge in [-0.2, -0.15) is 0 Å². The summed E-state index contributed by atoms with van der Waals surface area (Å²) in [6, 6.07) is 101. The summed E-state index contributed by atoms with van der Waals surface area (Å²) in [5.41, 5.74) is 25.9. The molecule has 0 saturated carbocycles. The molecule has 0 bridgehead atoms. The molecule has 16 aromatic rings. The highest BCUT2D eigenvalue weighted by molar-refractivity contribution is 6.26. The van der Waals surface area contributed by atoms with Gasteiger partial charge in [-0.05, 0) is 142 Å². The Morgan fingerprint density at radius 3 is 1.20 bits per heavy atom. The molecule has 86 heavy (non-hydrogen) atoms. The molecule has 2 aliphatic rings. The summed E-state index contributed by atoms with van der Waals surface area (Å²) in [6.07, 6.45) is 0. The number of hydrogen-bond acceptors (Lipinski definition) is 5. The first-order valence-corrected chi connectivity index (χ1v) is 29.6. The summed E-state index contributed by atoms with van der Waals surface area (Å²) in [6.45, 7) is 4.43. The molecule has 3 heterocycles. The third kappa shape index (κ3) is 6.76. The molecule has 0 aliphatic heterocycles. The Labute approximate surface area is 496 Å². The number of nitrogens with zero attached hydrogens (tertiary/aromatic N) is 2. The smallest absolute Gasteiger partial charge is 0.145 e. The lowest BCUT2D eigenvalue weighted by atomic mass is 9.70. The first kappa shape index (κ1) is 48.4. The number of furan rings is 3. The van der Waals surface area contributed by atoms with Gasteiger partial charge in [0.2, 0.25) is 0 Å². The van der Waals surface area contributed by atoms with Crippen molar-refractivity contribution in [2.75, 3.05) is 9.80 Å². The second kappa shape index (κ2) is 18.4. The molecule has 5 nitrogen and oxygen atoms in total. The molecule has 18 rings (SSSR count). The summed E-state index contributed by atoms with van der Waals surface area (Å²) < 4.78 is 22.4. The Hall–Kier alpha value is -11.1. The zero-order valence-corrected chi connectivity index (χ0v) is 47.2. The van der Waals surface area contributed by atoms with Crippen molar-refractivity contribution in [2.24, 2.45) is 0 Å². The van der Waals surface area contributed by atoms with E-state index in [1.54, 1.807) is 0 Å². The number of para-hydroxylation sites is 5. The van der Waals surface area contributed by atoms with E-state index >= 15 is 0 Å². The van der Waals surface area contributed by atoms with Crippen LogP contribution in [0.25, 0.3) is 110 Å². The topological polar surface area (TPSA) is 45.9 Å². The minimum Gasteiger partial charge on any atom is -0.455 e. The van der Waals surface area contributed by atoms with Crippen LogP contribution in [0.1, 0.15) is 33.4 Å². The number of anilines is 6. The average Bonchev–Trinajstić information content (AvgIpc) is 1.49. The van der Waals surface area contributed by atoms with Crippen molar-refractivity contribution >= 4 is 99.9 Å². The van der Waals surface area contributed by atoms with Gasteiger partial charge in [-0.1, -0.05) is 212 Å². The normalized spacial score (nSPS) is 12.9. The second-order valence-electron chi connectivity index (χ2n) is 23.1. The Balaban J connectivity index is 1.02. The van der Waals surface area contributed by atoms with Gasteiger partial charge in [-0.25, -0.2) is 0 Å². The van der Waals surface area contributed by atoms with Gasteiger partial charge in [0.05, 0.1) is 27.6 Å². The van der Waals surface area contributed by atoms with Crippen molar-refractivity contribution in [1.29, 1.82) is 0 Å². The number of aryl methyl sites for hydroxylation is 2. The first-order chi connectivity index (χ1) is 42.5. The van der Waals surface area contributed by atoms with E-state index in [-0.39, 0.29) is 0 Å². The Morgan fingerprint density at radius 1 is 0.279 bits per heavy atom. The highest BCUT2D eigenvalue weighted by Gasteiger charge is 2.56. The van der Waals surface area contributed by atoms with Gasteiger partial charge in [0.25, 0.3) is 0 Å². The predicted molar refractivity (Wildman–Crippen MR) is 354 cm³/mol. The summed E-state index contributed by atoms with van der Waals surface area (Å²) in [4.78, 5) is 4.94. The third-order valence-electron chi connectivity index (χ3n) is 18.5. The molecular formula is C81H52N2O3. The maximum absolute atomic E-state index is 7.62. The van der Waals surface area contributed by atoms with E-state index in [9.17, 15) is 0 Å². The highest BCUT2D eigenvalue weighted by Crippen LogP contribution is 2.69. The van der Waals surface area contributed by atoms with Gasteiger partial charge in [-0.15, -0.1) is 0 Å². The largest absolute Gasteiger partial charge is 0.455 e. The molecular weight excluding hydrogens is 1050 g/mol. The monoisotopic (exact) mass is 1100 g/mol. The molecule has 0 unspecified atom stereocenters. The molecule has 404 valence electrons. The van der Waals surface area contributed by atoms with Crippen LogP contribution in [0.15, 0.2) is 292 Å². The van der Waals surface area contributed by atoms with E-state index in [0.29, 0.717) is 0 Å². The molecule has 3 aromatic heterocycles. The van der Waals surface area contributed by atoms with Crippen LogP contribution in [-0.4, -0.2) is 0 Å². The van der Waals surface area contributed by atoms with Gasteiger partial charge < -0.3 is 23.1 Å². The minimum absolute atomic E-state index is 0.800. The molecule has 0 fully saturated rings. The van der Waals surface area contributed by atoms with Crippen LogP contribution >= 0.6 is 0 Å². The van der Waals surface area contributed by atoms with Crippen molar-refractivity contribution in [1.82, 2.24) is 0 Å². The Kier molecular flexibility index (Phi) is 10.4. The number of hydrogen-bond donors (Lipinski definition) is 0. The van der Waals surface area contributed by atoms with Crippen LogP contribution in [0.3, 0.4) is 0 Å². The van der Waals surface area contributed by atoms with Gasteiger partial charge in [0.15, 0.2) is 0 Å². The van der Waals surface area contributed by atoms with Crippen LogP contribution in [-0.2, 0) is 5.41 Å². The average molecular weight is 1100 g/mol. The van der Waals surface area contributed by atoms with Crippen LogP contribution in [0, 0.1) is 13.8 Å². The minimum atomic E-state index is -0.962.